The molecule has 0 saturated heterocycles. The molecule has 0 fully saturated rings. The molecule has 0 heterocycles. The first kappa shape index (κ1) is 16.9. The summed E-state index contributed by atoms with van der Waals surface area (Å²) in [4.78, 5) is 11.8. The number of aliphatic hydroxyl groups is 1. The van der Waals surface area contributed by atoms with Gasteiger partial charge in [0.2, 0.25) is 0 Å². The molecule has 23 heavy (non-hydrogen) atoms. The first-order valence-electron chi connectivity index (χ1n) is 7.21. The van der Waals surface area contributed by atoms with E-state index in [2.05, 4.69) is 0 Å². The molecule has 0 amide bonds. The zero-order valence-electron chi connectivity index (χ0n) is 13.1. The monoisotopic (exact) mass is 318 g/mol. The first-order valence-corrected chi connectivity index (χ1v) is 7.21. The fraction of sp³-hybridized carbons (Fsp3) is 0.294. The molecule has 0 saturated carbocycles. The van der Waals surface area contributed by atoms with E-state index in [0.29, 0.717) is 6.54 Å². The summed E-state index contributed by atoms with van der Waals surface area (Å²) in [6.07, 6.45) is 0. The maximum Gasteiger partial charge on any atom is 0.272 e. The van der Waals surface area contributed by atoms with E-state index in [1.54, 1.807) is 18.7 Å². The number of nitrogens with zero attached hydrogens (tertiary/aromatic N) is 2. The van der Waals surface area contributed by atoms with Gasteiger partial charge < -0.3 is 10.0 Å². The molecule has 0 unspecified atom stereocenters. The number of hydrogen-bond acceptors (Lipinski definition) is 4. The van der Waals surface area contributed by atoms with Gasteiger partial charge in [-0.15, -0.1) is 0 Å². The Bertz CT molecular complexity index is 684. The van der Waals surface area contributed by atoms with Crippen molar-refractivity contribution >= 4 is 11.4 Å². The van der Waals surface area contributed by atoms with Crippen LogP contribution in [0.5, 0.6) is 0 Å². The Morgan fingerprint density at radius 3 is 2.39 bits per heavy atom. The van der Waals surface area contributed by atoms with Crippen molar-refractivity contribution < 1.29 is 14.4 Å². The minimum Gasteiger partial charge on any atom is -0.389 e. The van der Waals surface area contributed by atoms with Crippen molar-refractivity contribution in [1.29, 1.82) is 0 Å². The quantitative estimate of drug-likeness (QED) is 0.654. The fourth-order valence-corrected chi connectivity index (χ4v) is 2.36. The van der Waals surface area contributed by atoms with Crippen LogP contribution in [0.4, 0.5) is 15.8 Å². The summed E-state index contributed by atoms with van der Waals surface area (Å²) >= 11 is 0. The minimum absolute atomic E-state index is 0.191. The third kappa shape index (κ3) is 4.75. The van der Waals surface area contributed by atoms with Crippen LogP contribution >= 0.6 is 0 Å². The van der Waals surface area contributed by atoms with Gasteiger partial charge in [0.1, 0.15) is 0 Å². The van der Waals surface area contributed by atoms with Gasteiger partial charge in [-0.05, 0) is 25.5 Å². The lowest BCUT2D eigenvalue weighted by molar-refractivity contribution is -0.385. The van der Waals surface area contributed by atoms with Gasteiger partial charge in [-0.25, -0.2) is 4.39 Å². The zero-order chi connectivity index (χ0) is 17.0. The standard InChI is InChI=1S/C17H19FN2O3/c1-17(2,21)12-19(11-13-6-4-3-5-7-13)16-9-8-14(20(22)23)10-15(16)18/h3-10,21H,11-12H2,1-2H3. The van der Waals surface area contributed by atoms with Crippen LogP contribution < -0.4 is 4.90 Å². The highest BCUT2D eigenvalue weighted by molar-refractivity contribution is 5.53. The van der Waals surface area contributed by atoms with Gasteiger partial charge in [0.15, 0.2) is 5.82 Å². The van der Waals surface area contributed by atoms with E-state index in [0.717, 1.165) is 11.6 Å². The number of rotatable bonds is 6. The number of benzene rings is 2. The number of non-ortho nitro benzene ring substituents is 1. The Hall–Kier alpha value is -2.47. The van der Waals surface area contributed by atoms with Crippen LogP contribution in [0.25, 0.3) is 0 Å². The number of hydrogen-bond donors (Lipinski definition) is 1. The minimum atomic E-state index is -1.04. The average Bonchev–Trinajstić information content (AvgIpc) is 2.46. The molecule has 0 aromatic heterocycles. The predicted octanol–water partition coefficient (Wildman–Crippen LogP) is 3.51. The van der Waals surface area contributed by atoms with Gasteiger partial charge in [-0.1, -0.05) is 30.3 Å². The molecule has 0 atom stereocenters. The number of anilines is 1. The van der Waals surface area contributed by atoms with Crippen molar-refractivity contribution in [3.8, 4) is 0 Å². The second-order valence-electron chi connectivity index (χ2n) is 6.05. The zero-order valence-corrected chi connectivity index (χ0v) is 13.1. The van der Waals surface area contributed by atoms with E-state index in [1.807, 2.05) is 30.3 Å². The largest absolute Gasteiger partial charge is 0.389 e. The normalized spacial score (nSPS) is 11.3. The summed E-state index contributed by atoms with van der Waals surface area (Å²) in [6, 6.07) is 13.0. The lowest BCUT2D eigenvalue weighted by Gasteiger charge is -2.31. The average molecular weight is 318 g/mol. The fourth-order valence-electron chi connectivity index (χ4n) is 2.36. The molecule has 1 N–H and O–H groups in total. The highest BCUT2D eigenvalue weighted by atomic mass is 19.1. The Morgan fingerprint density at radius 1 is 1.22 bits per heavy atom. The Labute approximate surface area is 134 Å². The van der Waals surface area contributed by atoms with Crippen molar-refractivity contribution in [1.82, 2.24) is 0 Å². The van der Waals surface area contributed by atoms with Crippen LogP contribution in [0.1, 0.15) is 19.4 Å². The van der Waals surface area contributed by atoms with Crippen molar-refractivity contribution in [2.75, 3.05) is 11.4 Å². The van der Waals surface area contributed by atoms with Crippen LogP contribution in [-0.4, -0.2) is 22.2 Å². The van der Waals surface area contributed by atoms with E-state index >= 15 is 0 Å². The molecular formula is C17H19FN2O3. The molecule has 0 bridgehead atoms. The number of halogens is 1. The molecule has 2 aromatic rings. The second kappa shape index (κ2) is 6.75. The second-order valence-corrected chi connectivity index (χ2v) is 6.05. The Balaban J connectivity index is 2.35. The van der Waals surface area contributed by atoms with Crippen molar-refractivity contribution in [3.05, 3.63) is 70.0 Å². The lowest BCUT2D eigenvalue weighted by atomic mass is 10.1. The molecule has 6 heteroatoms. The van der Waals surface area contributed by atoms with Gasteiger partial charge in [0.25, 0.3) is 5.69 Å². The topological polar surface area (TPSA) is 66.6 Å². The third-order valence-corrected chi connectivity index (χ3v) is 3.28. The van der Waals surface area contributed by atoms with Crippen molar-refractivity contribution in [2.24, 2.45) is 0 Å². The molecule has 0 aliphatic heterocycles. The lowest BCUT2D eigenvalue weighted by Crippen LogP contribution is -2.38. The SMILES string of the molecule is CC(C)(O)CN(Cc1ccccc1)c1ccc([N+](=O)[O-])cc1F. The first-order chi connectivity index (χ1) is 10.8. The summed E-state index contributed by atoms with van der Waals surface area (Å²) < 4.78 is 14.3. The predicted molar refractivity (Wildman–Crippen MR) is 86.8 cm³/mol. The summed E-state index contributed by atoms with van der Waals surface area (Å²) in [5.41, 5.74) is -0.159. The summed E-state index contributed by atoms with van der Waals surface area (Å²) in [6.45, 7) is 3.85. The van der Waals surface area contributed by atoms with Gasteiger partial charge in [0, 0.05) is 19.2 Å². The highest BCUT2D eigenvalue weighted by Crippen LogP contribution is 2.26. The number of nitro groups is 1. The van der Waals surface area contributed by atoms with Gasteiger partial charge in [0.05, 0.1) is 22.3 Å². The van der Waals surface area contributed by atoms with Crippen LogP contribution in [-0.2, 0) is 6.54 Å². The molecule has 122 valence electrons. The van der Waals surface area contributed by atoms with Gasteiger partial charge in [-0.2, -0.15) is 0 Å². The molecule has 2 rings (SSSR count). The molecule has 5 nitrogen and oxygen atoms in total. The van der Waals surface area contributed by atoms with E-state index in [-0.39, 0.29) is 17.9 Å². The Morgan fingerprint density at radius 2 is 1.87 bits per heavy atom. The van der Waals surface area contributed by atoms with E-state index < -0.39 is 16.3 Å². The van der Waals surface area contributed by atoms with Crippen molar-refractivity contribution in [2.45, 2.75) is 26.0 Å². The summed E-state index contributed by atoms with van der Waals surface area (Å²) in [5, 5.41) is 20.8. The summed E-state index contributed by atoms with van der Waals surface area (Å²) in [5.74, 6) is -0.681. The van der Waals surface area contributed by atoms with E-state index in [9.17, 15) is 19.6 Å². The highest BCUT2D eigenvalue weighted by Gasteiger charge is 2.22. The maximum atomic E-state index is 14.3. The van der Waals surface area contributed by atoms with Crippen molar-refractivity contribution in [3.63, 3.8) is 0 Å². The summed E-state index contributed by atoms with van der Waals surface area (Å²) in [7, 11) is 0. The van der Waals surface area contributed by atoms with E-state index in [4.69, 9.17) is 0 Å². The third-order valence-electron chi connectivity index (χ3n) is 3.28. The molecule has 0 spiro atoms. The van der Waals surface area contributed by atoms with Crippen LogP contribution in [0, 0.1) is 15.9 Å². The Kier molecular flexibility index (Phi) is 4.95. The van der Waals surface area contributed by atoms with Crippen LogP contribution in [0.3, 0.4) is 0 Å². The van der Waals surface area contributed by atoms with E-state index in [1.165, 1.54) is 12.1 Å². The maximum absolute atomic E-state index is 14.3. The smallest absolute Gasteiger partial charge is 0.272 e. The van der Waals surface area contributed by atoms with Gasteiger partial charge >= 0.3 is 0 Å². The molecule has 0 radical (unpaired) electrons. The molecule has 2 aromatic carbocycles. The molecule has 0 aliphatic carbocycles. The molecular weight excluding hydrogens is 299 g/mol. The van der Waals surface area contributed by atoms with Crippen LogP contribution in [0.2, 0.25) is 0 Å². The van der Waals surface area contributed by atoms with Gasteiger partial charge in [-0.3, -0.25) is 10.1 Å². The number of nitro benzene ring substituents is 1. The van der Waals surface area contributed by atoms with Crippen LogP contribution in [0.15, 0.2) is 48.5 Å². The molecule has 0 aliphatic rings.